The number of pyridine rings is 1. The van der Waals surface area contributed by atoms with E-state index in [4.69, 9.17) is 4.42 Å². The van der Waals surface area contributed by atoms with Gasteiger partial charge < -0.3 is 9.73 Å². The molecule has 0 aliphatic carbocycles. The number of nitrogens with one attached hydrogen (secondary N) is 2. The molecule has 1 unspecified atom stereocenters. The highest BCUT2D eigenvalue weighted by Crippen LogP contribution is 2.10. The van der Waals surface area contributed by atoms with Gasteiger partial charge in [0.1, 0.15) is 5.76 Å². The SMILES string of the molecule is CC(N[C@@H](C)c1cccnc1)C(=O)NCc1ccco1. The van der Waals surface area contributed by atoms with Crippen molar-refractivity contribution in [3.63, 3.8) is 0 Å². The lowest BCUT2D eigenvalue weighted by Crippen LogP contribution is -2.42. The van der Waals surface area contributed by atoms with Gasteiger partial charge in [-0.05, 0) is 37.6 Å². The van der Waals surface area contributed by atoms with Crippen molar-refractivity contribution in [2.75, 3.05) is 0 Å². The van der Waals surface area contributed by atoms with Crippen LogP contribution in [-0.2, 0) is 11.3 Å². The number of hydrogen-bond acceptors (Lipinski definition) is 4. The van der Waals surface area contributed by atoms with Gasteiger partial charge in [0.25, 0.3) is 0 Å². The van der Waals surface area contributed by atoms with Crippen molar-refractivity contribution in [1.82, 2.24) is 15.6 Å². The van der Waals surface area contributed by atoms with Gasteiger partial charge in [0, 0.05) is 18.4 Å². The number of carbonyl (C=O) groups excluding carboxylic acids is 1. The van der Waals surface area contributed by atoms with E-state index >= 15 is 0 Å². The lowest BCUT2D eigenvalue weighted by molar-refractivity contribution is -0.123. The third-order valence-corrected chi connectivity index (χ3v) is 3.09. The van der Waals surface area contributed by atoms with Gasteiger partial charge in [0.15, 0.2) is 0 Å². The predicted molar refractivity (Wildman–Crippen MR) is 75.8 cm³/mol. The Balaban J connectivity index is 1.81. The summed E-state index contributed by atoms with van der Waals surface area (Å²) in [7, 11) is 0. The van der Waals surface area contributed by atoms with Crippen molar-refractivity contribution in [3.8, 4) is 0 Å². The largest absolute Gasteiger partial charge is 0.467 e. The minimum absolute atomic E-state index is 0.0582. The van der Waals surface area contributed by atoms with Crippen LogP contribution in [0.1, 0.15) is 31.2 Å². The molecule has 0 fully saturated rings. The topological polar surface area (TPSA) is 67.2 Å². The molecular weight excluding hydrogens is 254 g/mol. The van der Waals surface area contributed by atoms with E-state index in [9.17, 15) is 4.79 Å². The zero-order chi connectivity index (χ0) is 14.4. The molecule has 0 aromatic carbocycles. The maximum Gasteiger partial charge on any atom is 0.237 e. The Labute approximate surface area is 118 Å². The molecule has 2 rings (SSSR count). The molecule has 1 amide bonds. The third kappa shape index (κ3) is 3.93. The van der Waals surface area contributed by atoms with E-state index in [1.54, 1.807) is 24.7 Å². The molecular formula is C15H19N3O2. The van der Waals surface area contributed by atoms with E-state index in [2.05, 4.69) is 15.6 Å². The molecule has 106 valence electrons. The van der Waals surface area contributed by atoms with Crippen molar-refractivity contribution in [2.45, 2.75) is 32.5 Å². The summed E-state index contributed by atoms with van der Waals surface area (Å²) in [5.41, 5.74) is 1.05. The van der Waals surface area contributed by atoms with Crippen LogP contribution in [0, 0.1) is 0 Å². The first-order valence-corrected chi connectivity index (χ1v) is 6.63. The predicted octanol–water partition coefficient (Wildman–Crippen LogP) is 2.03. The number of nitrogens with zero attached hydrogens (tertiary/aromatic N) is 1. The summed E-state index contributed by atoms with van der Waals surface area (Å²) in [6.07, 6.45) is 5.12. The summed E-state index contributed by atoms with van der Waals surface area (Å²) in [6, 6.07) is 7.27. The quantitative estimate of drug-likeness (QED) is 0.845. The Kier molecular flexibility index (Phi) is 4.90. The molecule has 5 nitrogen and oxygen atoms in total. The average molecular weight is 273 g/mol. The van der Waals surface area contributed by atoms with Crippen LogP contribution in [0.15, 0.2) is 47.3 Å². The van der Waals surface area contributed by atoms with E-state index in [0.717, 1.165) is 11.3 Å². The van der Waals surface area contributed by atoms with Crippen LogP contribution in [0.3, 0.4) is 0 Å². The standard InChI is InChI=1S/C15H19N3O2/c1-11(13-5-3-7-16-9-13)18-12(2)15(19)17-10-14-6-4-8-20-14/h3-9,11-12,18H,10H2,1-2H3,(H,17,19)/t11-,12?/m0/s1. The molecule has 0 bridgehead atoms. The number of furan rings is 1. The Morgan fingerprint density at radius 2 is 2.20 bits per heavy atom. The molecule has 0 aliphatic rings. The van der Waals surface area contributed by atoms with Crippen molar-refractivity contribution < 1.29 is 9.21 Å². The van der Waals surface area contributed by atoms with Gasteiger partial charge in [-0.1, -0.05) is 6.07 Å². The number of carbonyl (C=O) groups is 1. The summed E-state index contributed by atoms with van der Waals surface area (Å²) < 4.78 is 5.17. The Morgan fingerprint density at radius 1 is 1.35 bits per heavy atom. The van der Waals surface area contributed by atoms with Gasteiger partial charge in [-0.3, -0.25) is 15.1 Å². The highest BCUT2D eigenvalue weighted by atomic mass is 16.3. The van der Waals surface area contributed by atoms with Crippen molar-refractivity contribution >= 4 is 5.91 Å². The first-order chi connectivity index (χ1) is 9.66. The lowest BCUT2D eigenvalue weighted by Gasteiger charge is -2.19. The number of hydrogen-bond donors (Lipinski definition) is 2. The van der Waals surface area contributed by atoms with E-state index in [1.165, 1.54) is 0 Å². The molecule has 20 heavy (non-hydrogen) atoms. The summed E-state index contributed by atoms with van der Waals surface area (Å²) in [4.78, 5) is 16.0. The molecule has 2 N–H and O–H groups in total. The first kappa shape index (κ1) is 14.3. The Hall–Kier alpha value is -2.14. The molecule has 0 saturated carbocycles. The molecule has 2 aromatic heterocycles. The molecule has 2 aromatic rings. The minimum atomic E-state index is -0.292. The summed E-state index contributed by atoms with van der Waals surface area (Å²) >= 11 is 0. The van der Waals surface area contributed by atoms with E-state index in [1.807, 2.05) is 32.0 Å². The molecule has 2 heterocycles. The fraction of sp³-hybridized carbons (Fsp3) is 0.333. The van der Waals surface area contributed by atoms with Crippen LogP contribution in [0.5, 0.6) is 0 Å². The summed E-state index contributed by atoms with van der Waals surface area (Å²) in [5, 5.41) is 6.07. The Morgan fingerprint density at radius 3 is 2.85 bits per heavy atom. The first-order valence-electron chi connectivity index (χ1n) is 6.63. The maximum absolute atomic E-state index is 12.0. The van der Waals surface area contributed by atoms with Crippen LogP contribution < -0.4 is 10.6 Å². The van der Waals surface area contributed by atoms with Crippen LogP contribution in [0.2, 0.25) is 0 Å². The van der Waals surface area contributed by atoms with E-state index in [0.29, 0.717) is 6.54 Å². The Bertz CT molecular complexity index is 525. The second-order valence-corrected chi connectivity index (χ2v) is 4.69. The van der Waals surface area contributed by atoms with E-state index in [-0.39, 0.29) is 18.0 Å². The second kappa shape index (κ2) is 6.86. The molecule has 0 aliphatic heterocycles. The highest BCUT2D eigenvalue weighted by molar-refractivity contribution is 5.81. The van der Waals surface area contributed by atoms with Gasteiger partial charge in [-0.2, -0.15) is 0 Å². The van der Waals surface area contributed by atoms with Crippen LogP contribution in [-0.4, -0.2) is 16.9 Å². The van der Waals surface area contributed by atoms with Crippen LogP contribution in [0.25, 0.3) is 0 Å². The third-order valence-electron chi connectivity index (χ3n) is 3.09. The summed E-state index contributed by atoms with van der Waals surface area (Å²) in [5.74, 6) is 0.683. The van der Waals surface area contributed by atoms with Gasteiger partial charge >= 0.3 is 0 Å². The van der Waals surface area contributed by atoms with Crippen molar-refractivity contribution in [1.29, 1.82) is 0 Å². The smallest absolute Gasteiger partial charge is 0.237 e. The lowest BCUT2D eigenvalue weighted by atomic mass is 10.1. The minimum Gasteiger partial charge on any atom is -0.467 e. The molecule has 0 spiro atoms. The van der Waals surface area contributed by atoms with Crippen LogP contribution >= 0.6 is 0 Å². The van der Waals surface area contributed by atoms with Crippen molar-refractivity contribution in [3.05, 3.63) is 54.2 Å². The van der Waals surface area contributed by atoms with Crippen LogP contribution in [0.4, 0.5) is 0 Å². The second-order valence-electron chi connectivity index (χ2n) is 4.69. The van der Waals surface area contributed by atoms with Gasteiger partial charge in [0.2, 0.25) is 5.91 Å². The average Bonchev–Trinajstić information content (AvgIpc) is 2.98. The number of aromatic nitrogens is 1. The number of amides is 1. The fourth-order valence-electron chi connectivity index (χ4n) is 1.92. The van der Waals surface area contributed by atoms with E-state index < -0.39 is 0 Å². The summed E-state index contributed by atoms with van der Waals surface area (Å²) in [6.45, 7) is 4.25. The van der Waals surface area contributed by atoms with Crippen molar-refractivity contribution in [2.24, 2.45) is 0 Å². The molecule has 0 radical (unpaired) electrons. The number of rotatable bonds is 6. The maximum atomic E-state index is 12.0. The van der Waals surface area contributed by atoms with Gasteiger partial charge in [-0.15, -0.1) is 0 Å². The van der Waals surface area contributed by atoms with Gasteiger partial charge in [0.05, 0.1) is 18.8 Å². The molecule has 5 heteroatoms. The monoisotopic (exact) mass is 273 g/mol. The molecule has 2 atom stereocenters. The fourth-order valence-corrected chi connectivity index (χ4v) is 1.92. The molecule has 0 saturated heterocycles. The highest BCUT2D eigenvalue weighted by Gasteiger charge is 2.16. The normalized spacial score (nSPS) is 13.7. The van der Waals surface area contributed by atoms with Gasteiger partial charge in [-0.25, -0.2) is 0 Å². The zero-order valence-electron chi connectivity index (χ0n) is 11.7. The zero-order valence-corrected chi connectivity index (χ0v) is 11.7.